The average molecular weight is 278 g/mol. The van der Waals surface area contributed by atoms with Crippen LogP contribution in [-0.2, 0) is 0 Å². The zero-order chi connectivity index (χ0) is 13.2. The lowest BCUT2D eigenvalue weighted by atomic mass is 10.1. The first-order chi connectivity index (χ1) is 9.28. The summed E-state index contributed by atoms with van der Waals surface area (Å²) in [7, 11) is 1.81. The Hall–Kier alpha value is -2.01. The van der Waals surface area contributed by atoms with Crippen molar-refractivity contribution in [2.45, 2.75) is 0 Å². The van der Waals surface area contributed by atoms with Crippen LogP contribution in [0.15, 0.2) is 24.4 Å². The van der Waals surface area contributed by atoms with Gasteiger partial charge in [-0.25, -0.2) is 9.97 Å². The van der Waals surface area contributed by atoms with Gasteiger partial charge in [-0.3, -0.25) is 0 Å². The number of aromatic nitrogens is 2. The molecule has 1 aliphatic rings. The molecule has 0 saturated carbocycles. The molecule has 1 aromatic carbocycles. The molecule has 1 aliphatic heterocycles. The van der Waals surface area contributed by atoms with Crippen molar-refractivity contribution in [3.8, 4) is 22.9 Å². The molecule has 2 aromatic rings. The highest BCUT2D eigenvalue weighted by molar-refractivity contribution is 6.32. The first-order valence-electron chi connectivity index (χ1n) is 5.88. The normalized spacial score (nSPS) is 13.2. The number of nitrogens with one attached hydrogen (secondary N) is 1. The number of fused-ring (bicyclic) bond motifs is 1. The largest absolute Gasteiger partial charge is 0.486 e. The van der Waals surface area contributed by atoms with Gasteiger partial charge in [0.2, 0.25) is 0 Å². The fraction of sp³-hybridized carbons (Fsp3) is 0.231. The summed E-state index contributed by atoms with van der Waals surface area (Å²) in [6.45, 7) is 1.03. The summed E-state index contributed by atoms with van der Waals surface area (Å²) in [4.78, 5) is 8.62. The molecule has 0 fully saturated rings. The first kappa shape index (κ1) is 12.0. The Kier molecular flexibility index (Phi) is 3.13. The van der Waals surface area contributed by atoms with E-state index in [1.54, 1.807) is 18.3 Å². The van der Waals surface area contributed by atoms with E-state index in [0.717, 1.165) is 11.4 Å². The van der Waals surface area contributed by atoms with E-state index in [1.165, 1.54) is 0 Å². The van der Waals surface area contributed by atoms with Crippen LogP contribution in [0.4, 0.5) is 5.82 Å². The second-order valence-corrected chi connectivity index (χ2v) is 4.40. The van der Waals surface area contributed by atoms with Crippen molar-refractivity contribution in [2.24, 2.45) is 0 Å². The molecule has 5 nitrogen and oxygen atoms in total. The van der Waals surface area contributed by atoms with Crippen LogP contribution >= 0.6 is 11.6 Å². The lowest BCUT2D eigenvalue weighted by Gasteiger charge is -2.20. The van der Waals surface area contributed by atoms with Crippen molar-refractivity contribution in [1.29, 1.82) is 0 Å². The van der Waals surface area contributed by atoms with E-state index in [9.17, 15) is 0 Å². The van der Waals surface area contributed by atoms with Crippen LogP contribution in [0.1, 0.15) is 0 Å². The van der Waals surface area contributed by atoms with E-state index < -0.39 is 0 Å². The second-order valence-electron chi connectivity index (χ2n) is 4.00. The van der Waals surface area contributed by atoms with Crippen LogP contribution in [0, 0.1) is 0 Å². The zero-order valence-corrected chi connectivity index (χ0v) is 11.1. The Bertz CT molecular complexity index is 619. The molecule has 0 unspecified atom stereocenters. The summed E-state index contributed by atoms with van der Waals surface area (Å²) in [6.07, 6.45) is 1.69. The van der Waals surface area contributed by atoms with Crippen molar-refractivity contribution in [2.75, 3.05) is 25.6 Å². The summed E-state index contributed by atoms with van der Waals surface area (Å²) in [5.74, 6) is 2.55. The number of anilines is 1. The smallest absolute Gasteiger partial charge is 0.179 e. The van der Waals surface area contributed by atoms with Crippen molar-refractivity contribution in [3.63, 3.8) is 0 Å². The van der Waals surface area contributed by atoms with Crippen molar-refractivity contribution < 1.29 is 9.47 Å². The van der Waals surface area contributed by atoms with Gasteiger partial charge in [-0.05, 0) is 18.2 Å². The highest BCUT2D eigenvalue weighted by Gasteiger charge is 2.18. The maximum atomic E-state index is 6.19. The van der Waals surface area contributed by atoms with Gasteiger partial charge < -0.3 is 14.8 Å². The van der Waals surface area contributed by atoms with E-state index in [4.69, 9.17) is 21.1 Å². The van der Waals surface area contributed by atoms with Crippen LogP contribution in [-0.4, -0.2) is 30.2 Å². The lowest BCUT2D eigenvalue weighted by Crippen LogP contribution is -2.15. The summed E-state index contributed by atoms with van der Waals surface area (Å²) in [5, 5.41) is 3.48. The summed E-state index contributed by atoms with van der Waals surface area (Å²) < 4.78 is 11.0. The second kappa shape index (κ2) is 4.93. The number of hydrogen-bond acceptors (Lipinski definition) is 5. The number of rotatable bonds is 2. The predicted octanol–water partition coefficient (Wildman–Crippen LogP) is 2.61. The number of ether oxygens (including phenoxy) is 2. The zero-order valence-electron chi connectivity index (χ0n) is 10.3. The number of hydrogen-bond donors (Lipinski definition) is 1. The van der Waals surface area contributed by atoms with Crippen LogP contribution < -0.4 is 14.8 Å². The molecule has 0 saturated heterocycles. The summed E-state index contributed by atoms with van der Waals surface area (Å²) in [6, 6.07) is 5.42. The average Bonchev–Trinajstić information content (AvgIpc) is 2.47. The molecule has 0 spiro atoms. The van der Waals surface area contributed by atoms with Gasteiger partial charge in [-0.15, -0.1) is 0 Å². The maximum Gasteiger partial charge on any atom is 0.179 e. The molecule has 98 valence electrons. The fourth-order valence-electron chi connectivity index (χ4n) is 1.88. The van der Waals surface area contributed by atoms with E-state index in [1.807, 2.05) is 13.1 Å². The molecule has 0 amide bonds. The SMILES string of the molecule is CNc1ccnc(-c2cc(Cl)c3c(c2)OCCO3)n1. The van der Waals surface area contributed by atoms with Gasteiger partial charge in [0.15, 0.2) is 17.3 Å². The van der Waals surface area contributed by atoms with Crippen molar-refractivity contribution in [3.05, 3.63) is 29.4 Å². The number of nitrogens with zero attached hydrogens (tertiary/aromatic N) is 2. The molecule has 0 bridgehead atoms. The molecular formula is C13H12ClN3O2. The topological polar surface area (TPSA) is 56.3 Å². The number of benzene rings is 1. The Morgan fingerprint density at radius 2 is 2.11 bits per heavy atom. The Balaban J connectivity index is 2.07. The van der Waals surface area contributed by atoms with Crippen LogP contribution in [0.25, 0.3) is 11.4 Å². The van der Waals surface area contributed by atoms with E-state index >= 15 is 0 Å². The van der Waals surface area contributed by atoms with Gasteiger partial charge in [0.1, 0.15) is 19.0 Å². The highest BCUT2D eigenvalue weighted by Crippen LogP contribution is 2.40. The third-order valence-electron chi connectivity index (χ3n) is 2.77. The van der Waals surface area contributed by atoms with Gasteiger partial charge in [-0.1, -0.05) is 11.6 Å². The van der Waals surface area contributed by atoms with E-state index in [-0.39, 0.29) is 0 Å². The van der Waals surface area contributed by atoms with Crippen LogP contribution in [0.3, 0.4) is 0 Å². The van der Waals surface area contributed by atoms with Gasteiger partial charge in [-0.2, -0.15) is 0 Å². The van der Waals surface area contributed by atoms with Crippen LogP contribution in [0.5, 0.6) is 11.5 Å². The monoisotopic (exact) mass is 277 g/mol. The maximum absolute atomic E-state index is 6.19. The van der Waals surface area contributed by atoms with Crippen LogP contribution in [0.2, 0.25) is 5.02 Å². The van der Waals surface area contributed by atoms with Crippen molar-refractivity contribution in [1.82, 2.24) is 9.97 Å². The van der Waals surface area contributed by atoms with E-state index in [0.29, 0.717) is 35.6 Å². The van der Waals surface area contributed by atoms with E-state index in [2.05, 4.69) is 15.3 Å². The molecule has 6 heteroatoms. The van der Waals surface area contributed by atoms with Gasteiger partial charge in [0, 0.05) is 18.8 Å². The molecule has 3 rings (SSSR count). The molecule has 2 heterocycles. The summed E-state index contributed by atoms with van der Waals surface area (Å²) >= 11 is 6.19. The highest BCUT2D eigenvalue weighted by atomic mass is 35.5. The Labute approximate surface area is 115 Å². The number of halogens is 1. The molecule has 0 aliphatic carbocycles. The van der Waals surface area contributed by atoms with Gasteiger partial charge >= 0.3 is 0 Å². The standard InChI is InChI=1S/C13H12ClN3O2/c1-15-11-2-3-16-13(17-11)8-6-9(14)12-10(7-8)18-4-5-19-12/h2-3,6-7H,4-5H2,1H3,(H,15,16,17). The first-order valence-corrected chi connectivity index (χ1v) is 6.26. The quantitative estimate of drug-likeness (QED) is 0.914. The predicted molar refractivity (Wildman–Crippen MR) is 73.0 cm³/mol. The van der Waals surface area contributed by atoms with Gasteiger partial charge in [0.05, 0.1) is 5.02 Å². The fourth-order valence-corrected chi connectivity index (χ4v) is 2.14. The minimum Gasteiger partial charge on any atom is -0.486 e. The Morgan fingerprint density at radius 3 is 2.95 bits per heavy atom. The minimum absolute atomic E-state index is 0.505. The van der Waals surface area contributed by atoms with Crippen molar-refractivity contribution >= 4 is 17.4 Å². The molecule has 1 N–H and O–H groups in total. The van der Waals surface area contributed by atoms with Gasteiger partial charge in [0.25, 0.3) is 0 Å². The lowest BCUT2D eigenvalue weighted by molar-refractivity contribution is 0.172. The third-order valence-corrected chi connectivity index (χ3v) is 3.05. The molecular weight excluding hydrogens is 266 g/mol. The third kappa shape index (κ3) is 2.29. The Morgan fingerprint density at radius 1 is 1.26 bits per heavy atom. The summed E-state index contributed by atoms with van der Waals surface area (Å²) in [5.41, 5.74) is 0.798. The molecule has 19 heavy (non-hydrogen) atoms. The molecule has 0 radical (unpaired) electrons. The molecule has 1 aromatic heterocycles. The minimum atomic E-state index is 0.505. The molecule has 0 atom stereocenters.